The van der Waals surface area contributed by atoms with Crippen LogP contribution < -0.4 is 5.73 Å². The highest BCUT2D eigenvalue weighted by Crippen LogP contribution is 1.83. The van der Waals surface area contributed by atoms with Crippen molar-refractivity contribution in [1.29, 1.82) is 0 Å². The summed E-state index contributed by atoms with van der Waals surface area (Å²) >= 11 is 0. The molecule has 0 aromatic rings. The fourth-order valence-electron chi connectivity index (χ4n) is 0.765. The lowest BCUT2D eigenvalue weighted by Crippen LogP contribution is -2.27. The normalized spacial score (nSPS) is 11.0. The highest BCUT2D eigenvalue weighted by atomic mass is 16.5. The average Bonchev–Trinajstić information content (AvgIpc) is 2.09. The van der Waals surface area contributed by atoms with Crippen LogP contribution in [0.2, 0.25) is 0 Å². The SMILES string of the molecule is COCCN(C)CCOCCN. The Labute approximate surface area is 74.6 Å². The zero-order valence-electron chi connectivity index (χ0n) is 8.08. The molecule has 0 rings (SSSR count). The Morgan fingerprint density at radius 2 is 1.83 bits per heavy atom. The van der Waals surface area contributed by atoms with Gasteiger partial charge < -0.3 is 20.1 Å². The van der Waals surface area contributed by atoms with E-state index in [4.69, 9.17) is 15.2 Å². The Hall–Kier alpha value is -0.160. The van der Waals surface area contributed by atoms with Crippen LogP contribution in [0.1, 0.15) is 0 Å². The van der Waals surface area contributed by atoms with Crippen LogP contribution in [0, 0.1) is 0 Å². The van der Waals surface area contributed by atoms with Crippen molar-refractivity contribution in [2.24, 2.45) is 5.73 Å². The second-order valence-corrected chi connectivity index (χ2v) is 2.70. The Kier molecular flexibility index (Phi) is 8.81. The summed E-state index contributed by atoms with van der Waals surface area (Å²) in [7, 11) is 3.75. The van der Waals surface area contributed by atoms with Crippen molar-refractivity contribution >= 4 is 0 Å². The molecule has 4 nitrogen and oxygen atoms in total. The Balaban J connectivity index is 3.02. The van der Waals surface area contributed by atoms with Gasteiger partial charge in [-0.3, -0.25) is 0 Å². The molecule has 0 aliphatic rings. The molecule has 4 heteroatoms. The number of hydrogen-bond donors (Lipinski definition) is 1. The van der Waals surface area contributed by atoms with E-state index in [0.717, 1.165) is 26.3 Å². The molecule has 0 aliphatic carbocycles. The third-order valence-corrected chi connectivity index (χ3v) is 1.56. The van der Waals surface area contributed by atoms with Crippen LogP contribution >= 0.6 is 0 Å². The second kappa shape index (κ2) is 8.93. The first-order valence-electron chi connectivity index (χ1n) is 4.26. The summed E-state index contributed by atoms with van der Waals surface area (Å²) in [6.07, 6.45) is 0. The lowest BCUT2D eigenvalue weighted by molar-refractivity contribution is 0.103. The maximum atomic E-state index is 5.27. The van der Waals surface area contributed by atoms with Gasteiger partial charge in [-0.2, -0.15) is 0 Å². The van der Waals surface area contributed by atoms with Gasteiger partial charge in [0.25, 0.3) is 0 Å². The fourth-order valence-corrected chi connectivity index (χ4v) is 0.765. The minimum absolute atomic E-state index is 0.599. The van der Waals surface area contributed by atoms with Gasteiger partial charge in [-0.15, -0.1) is 0 Å². The molecule has 0 fully saturated rings. The number of ether oxygens (including phenoxy) is 2. The predicted molar refractivity (Wildman–Crippen MR) is 49.2 cm³/mol. The zero-order chi connectivity index (χ0) is 9.23. The summed E-state index contributed by atoms with van der Waals surface area (Å²) in [5.74, 6) is 0. The molecule has 0 atom stereocenters. The summed E-state index contributed by atoms with van der Waals surface area (Å²) in [4.78, 5) is 2.17. The maximum absolute atomic E-state index is 5.27. The highest BCUT2D eigenvalue weighted by molar-refractivity contribution is 4.48. The molecule has 0 aromatic heterocycles. The molecule has 0 radical (unpaired) electrons. The molecule has 0 saturated heterocycles. The Bertz CT molecular complexity index is 91.1. The quantitative estimate of drug-likeness (QED) is 0.508. The van der Waals surface area contributed by atoms with Crippen LogP contribution in [0.25, 0.3) is 0 Å². The molecule has 0 amide bonds. The van der Waals surface area contributed by atoms with Crippen molar-refractivity contribution < 1.29 is 9.47 Å². The van der Waals surface area contributed by atoms with E-state index >= 15 is 0 Å². The second-order valence-electron chi connectivity index (χ2n) is 2.70. The molecular formula is C8H20N2O2. The van der Waals surface area contributed by atoms with E-state index in [1.807, 2.05) is 7.05 Å². The summed E-state index contributed by atoms with van der Waals surface area (Å²) in [6.45, 7) is 4.65. The third kappa shape index (κ3) is 7.94. The zero-order valence-corrected chi connectivity index (χ0v) is 8.08. The van der Waals surface area contributed by atoms with Crippen LogP contribution in [-0.4, -0.2) is 58.5 Å². The van der Waals surface area contributed by atoms with Crippen molar-refractivity contribution in [3.05, 3.63) is 0 Å². The van der Waals surface area contributed by atoms with Crippen molar-refractivity contribution in [2.45, 2.75) is 0 Å². The van der Waals surface area contributed by atoms with Gasteiger partial charge in [0.05, 0.1) is 19.8 Å². The lowest BCUT2D eigenvalue weighted by atomic mass is 10.5. The molecule has 12 heavy (non-hydrogen) atoms. The van der Waals surface area contributed by atoms with Gasteiger partial charge >= 0.3 is 0 Å². The van der Waals surface area contributed by atoms with Crippen LogP contribution in [0.5, 0.6) is 0 Å². The molecule has 0 heterocycles. The van der Waals surface area contributed by atoms with Gasteiger partial charge in [-0.25, -0.2) is 0 Å². The van der Waals surface area contributed by atoms with E-state index in [1.54, 1.807) is 7.11 Å². The van der Waals surface area contributed by atoms with Gasteiger partial charge in [0.2, 0.25) is 0 Å². The maximum Gasteiger partial charge on any atom is 0.0593 e. The van der Waals surface area contributed by atoms with Crippen LogP contribution in [-0.2, 0) is 9.47 Å². The molecular weight excluding hydrogens is 156 g/mol. The molecule has 74 valence electrons. The minimum atomic E-state index is 0.599. The van der Waals surface area contributed by atoms with Crippen LogP contribution in [0.3, 0.4) is 0 Å². The molecule has 2 N–H and O–H groups in total. The van der Waals surface area contributed by atoms with E-state index in [1.165, 1.54) is 0 Å². The van der Waals surface area contributed by atoms with Gasteiger partial charge in [0, 0.05) is 26.7 Å². The molecule has 0 aromatic carbocycles. The first-order valence-corrected chi connectivity index (χ1v) is 4.26. The summed E-state index contributed by atoms with van der Waals surface area (Å²) in [5.41, 5.74) is 5.27. The van der Waals surface area contributed by atoms with E-state index < -0.39 is 0 Å². The highest BCUT2D eigenvalue weighted by Gasteiger charge is 1.96. The van der Waals surface area contributed by atoms with Crippen LogP contribution in [0.15, 0.2) is 0 Å². The number of likely N-dealkylation sites (N-methyl/N-ethyl adjacent to an activating group) is 1. The molecule has 0 saturated carbocycles. The fraction of sp³-hybridized carbons (Fsp3) is 1.00. The van der Waals surface area contributed by atoms with Gasteiger partial charge in [-0.05, 0) is 7.05 Å². The monoisotopic (exact) mass is 176 g/mol. The molecule has 0 bridgehead atoms. The number of hydrogen-bond acceptors (Lipinski definition) is 4. The van der Waals surface area contributed by atoms with E-state index in [-0.39, 0.29) is 0 Å². The number of methoxy groups -OCH3 is 1. The van der Waals surface area contributed by atoms with Crippen molar-refractivity contribution in [1.82, 2.24) is 4.90 Å². The number of nitrogens with zero attached hydrogens (tertiary/aromatic N) is 1. The van der Waals surface area contributed by atoms with Gasteiger partial charge in [-0.1, -0.05) is 0 Å². The van der Waals surface area contributed by atoms with Gasteiger partial charge in [0.15, 0.2) is 0 Å². The summed E-state index contributed by atoms with van der Waals surface area (Å²) < 4.78 is 10.2. The summed E-state index contributed by atoms with van der Waals surface area (Å²) in [5, 5.41) is 0. The minimum Gasteiger partial charge on any atom is -0.383 e. The summed E-state index contributed by atoms with van der Waals surface area (Å²) in [6, 6.07) is 0. The van der Waals surface area contributed by atoms with Crippen molar-refractivity contribution in [2.75, 3.05) is 53.6 Å². The Morgan fingerprint density at radius 3 is 2.42 bits per heavy atom. The van der Waals surface area contributed by atoms with E-state index in [9.17, 15) is 0 Å². The third-order valence-electron chi connectivity index (χ3n) is 1.56. The predicted octanol–water partition coefficient (Wildman–Crippen LogP) is -0.460. The first-order chi connectivity index (χ1) is 5.81. The smallest absolute Gasteiger partial charge is 0.0593 e. The first kappa shape index (κ1) is 11.8. The molecule has 0 aliphatic heterocycles. The van der Waals surface area contributed by atoms with E-state index in [2.05, 4.69) is 4.90 Å². The number of rotatable bonds is 8. The largest absolute Gasteiger partial charge is 0.383 e. The lowest BCUT2D eigenvalue weighted by Gasteiger charge is -2.15. The van der Waals surface area contributed by atoms with Crippen molar-refractivity contribution in [3.63, 3.8) is 0 Å². The van der Waals surface area contributed by atoms with Crippen molar-refractivity contribution in [3.8, 4) is 0 Å². The van der Waals surface area contributed by atoms with E-state index in [0.29, 0.717) is 13.2 Å². The number of nitrogens with two attached hydrogens (primary N) is 1. The molecule has 0 spiro atoms. The van der Waals surface area contributed by atoms with Gasteiger partial charge in [0.1, 0.15) is 0 Å². The Morgan fingerprint density at radius 1 is 1.17 bits per heavy atom. The topological polar surface area (TPSA) is 47.7 Å². The van der Waals surface area contributed by atoms with Crippen LogP contribution in [0.4, 0.5) is 0 Å². The molecule has 0 unspecified atom stereocenters. The average molecular weight is 176 g/mol. The standard InChI is InChI=1S/C8H20N2O2/c1-10(4-7-11-2)5-8-12-6-3-9/h3-9H2,1-2H3.